The zero-order chi connectivity index (χ0) is 20.1. The Morgan fingerprint density at radius 3 is 2.46 bits per heavy atom. The van der Waals surface area contributed by atoms with Gasteiger partial charge in [-0.3, -0.25) is 9.59 Å². The molecule has 6 heteroatoms. The molecule has 2 amide bonds. The quantitative estimate of drug-likeness (QED) is 0.686. The zero-order valence-corrected chi connectivity index (χ0v) is 16.2. The number of aryl methyl sites for hydroxylation is 1. The molecule has 0 unspecified atom stereocenters. The topological polar surface area (TPSA) is 80.3 Å². The molecule has 0 saturated heterocycles. The molecular formula is C22H23N3O3. The number of nitrogens with one attached hydrogen (secondary N) is 2. The normalized spacial score (nSPS) is 10.7. The Morgan fingerprint density at radius 1 is 1.07 bits per heavy atom. The predicted molar refractivity (Wildman–Crippen MR) is 110 cm³/mol. The Kier molecular flexibility index (Phi) is 5.89. The van der Waals surface area contributed by atoms with E-state index in [1.54, 1.807) is 18.3 Å². The van der Waals surface area contributed by atoms with Gasteiger partial charge in [-0.15, -0.1) is 0 Å². The van der Waals surface area contributed by atoms with Crippen LogP contribution in [0.2, 0.25) is 0 Å². The van der Waals surface area contributed by atoms with Crippen LogP contribution in [-0.2, 0) is 4.79 Å². The smallest absolute Gasteiger partial charge is 0.260 e. The van der Waals surface area contributed by atoms with Crippen LogP contribution in [0.4, 0.5) is 5.82 Å². The first kappa shape index (κ1) is 19.4. The fourth-order valence-corrected chi connectivity index (χ4v) is 2.81. The van der Waals surface area contributed by atoms with Crippen molar-refractivity contribution in [2.75, 3.05) is 11.9 Å². The first-order valence-corrected chi connectivity index (χ1v) is 9.12. The lowest BCUT2D eigenvalue weighted by Crippen LogP contribution is -2.34. The number of benzene rings is 2. The second-order valence-electron chi connectivity index (χ2n) is 6.83. The largest absolute Gasteiger partial charge is 0.483 e. The molecule has 0 spiro atoms. The Labute approximate surface area is 163 Å². The molecule has 1 heterocycles. The first-order valence-electron chi connectivity index (χ1n) is 9.12. The summed E-state index contributed by atoms with van der Waals surface area (Å²) in [7, 11) is 0. The highest BCUT2D eigenvalue weighted by atomic mass is 16.5. The van der Waals surface area contributed by atoms with E-state index in [0.29, 0.717) is 17.1 Å². The summed E-state index contributed by atoms with van der Waals surface area (Å²) in [6.07, 6.45) is 1.62. The molecule has 6 nitrogen and oxygen atoms in total. The van der Waals surface area contributed by atoms with Crippen LogP contribution in [0.5, 0.6) is 5.75 Å². The minimum atomic E-state index is -0.341. The van der Waals surface area contributed by atoms with Crippen LogP contribution in [0.15, 0.2) is 54.7 Å². The number of amides is 2. The van der Waals surface area contributed by atoms with Crippen molar-refractivity contribution in [2.24, 2.45) is 0 Å². The molecule has 0 aliphatic carbocycles. The van der Waals surface area contributed by atoms with E-state index in [0.717, 1.165) is 16.3 Å². The molecule has 144 valence electrons. The third-order valence-corrected chi connectivity index (χ3v) is 4.14. The summed E-state index contributed by atoms with van der Waals surface area (Å²) in [5.74, 6) is 0.259. The Balaban J connectivity index is 1.91. The molecule has 0 atom stereocenters. The van der Waals surface area contributed by atoms with E-state index >= 15 is 0 Å². The van der Waals surface area contributed by atoms with Gasteiger partial charge in [-0.2, -0.15) is 0 Å². The summed E-state index contributed by atoms with van der Waals surface area (Å²) >= 11 is 0. The van der Waals surface area contributed by atoms with E-state index in [9.17, 15) is 9.59 Å². The molecule has 28 heavy (non-hydrogen) atoms. The molecule has 0 aliphatic heterocycles. The number of ether oxygens (including phenoxy) is 1. The zero-order valence-electron chi connectivity index (χ0n) is 16.2. The van der Waals surface area contributed by atoms with Crippen LogP contribution in [0, 0.1) is 6.92 Å². The van der Waals surface area contributed by atoms with Crippen molar-refractivity contribution in [3.63, 3.8) is 0 Å². The van der Waals surface area contributed by atoms with Crippen molar-refractivity contribution >= 4 is 28.4 Å². The summed E-state index contributed by atoms with van der Waals surface area (Å²) in [5.41, 5.74) is 1.21. The predicted octanol–water partition coefficient (Wildman–Crippen LogP) is 3.70. The molecular weight excluding hydrogens is 354 g/mol. The standard InChI is InChI=1S/C22H23N3O3/c1-14(2)24-20(26)13-28-19-12-17-9-5-4-8-16(17)11-18(19)22(27)25-21-15(3)7-6-10-23-21/h4-12,14H,13H2,1-3H3,(H,24,26)(H,23,25,27). The molecule has 0 fully saturated rings. The molecule has 2 aromatic carbocycles. The van der Waals surface area contributed by atoms with Gasteiger partial charge in [0.15, 0.2) is 6.61 Å². The van der Waals surface area contributed by atoms with Crippen molar-refractivity contribution in [2.45, 2.75) is 26.8 Å². The van der Waals surface area contributed by atoms with Crippen LogP contribution in [0.3, 0.4) is 0 Å². The summed E-state index contributed by atoms with van der Waals surface area (Å²) in [6, 6.07) is 14.9. The van der Waals surface area contributed by atoms with Crippen molar-refractivity contribution in [1.29, 1.82) is 0 Å². The maximum absolute atomic E-state index is 12.9. The van der Waals surface area contributed by atoms with E-state index in [2.05, 4.69) is 15.6 Å². The molecule has 0 saturated carbocycles. The van der Waals surface area contributed by atoms with Gasteiger partial charge in [0.1, 0.15) is 11.6 Å². The van der Waals surface area contributed by atoms with Gasteiger partial charge in [-0.1, -0.05) is 30.3 Å². The highest BCUT2D eigenvalue weighted by molar-refractivity contribution is 6.08. The number of rotatable bonds is 6. The molecule has 0 radical (unpaired) electrons. The summed E-state index contributed by atoms with van der Waals surface area (Å²) in [4.78, 5) is 29.1. The number of carbonyl (C=O) groups excluding carboxylic acids is 2. The van der Waals surface area contributed by atoms with Gasteiger partial charge in [0, 0.05) is 12.2 Å². The highest BCUT2D eigenvalue weighted by Crippen LogP contribution is 2.27. The van der Waals surface area contributed by atoms with E-state index in [-0.39, 0.29) is 24.5 Å². The van der Waals surface area contributed by atoms with E-state index in [4.69, 9.17) is 4.74 Å². The minimum Gasteiger partial charge on any atom is -0.483 e. The first-order chi connectivity index (χ1) is 13.4. The van der Waals surface area contributed by atoms with Gasteiger partial charge < -0.3 is 15.4 Å². The van der Waals surface area contributed by atoms with Crippen molar-refractivity contribution in [3.8, 4) is 5.75 Å². The van der Waals surface area contributed by atoms with Crippen LogP contribution in [-0.4, -0.2) is 29.4 Å². The molecule has 3 aromatic rings. The molecule has 2 N–H and O–H groups in total. The molecule has 3 rings (SSSR count). The lowest BCUT2D eigenvalue weighted by molar-refractivity contribution is -0.123. The second kappa shape index (κ2) is 8.52. The van der Waals surface area contributed by atoms with Gasteiger partial charge in [-0.25, -0.2) is 4.98 Å². The Bertz CT molecular complexity index is 1010. The average Bonchev–Trinajstić information content (AvgIpc) is 2.67. The van der Waals surface area contributed by atoms with Gasteiger partial charge in [0.05, 0.1) is 5.56 Å². The van der Waals surface area contributed by atoms with Gasteiger partial charge >= 0.3 is 0 Å². The van der Waals surface area contributed by atoms with Crippen molar-refractivity contribution < 1.29 is 14.3 Å². The van der Waals surface area contributed by atoms with E-state index < -0.39 is 0 Å². The van der Waals surface area contributed by atoms with Crippen LogP contribution in [0.1, 0.15) is 29.8 Å². The summed E-state index contributed by atoms with van der Waals surface area (Å²) in [6.45, 7) is 5.46. The SMILES string of the molecule is Cc1cccnc1NC(=O)c1cc2ccccc2cc1OCC(=O)NC(C)C. The minimum absolute atomic E-state index is 0.0163. The lowest BCUT2D eigenvalue weighted by atomic mass is 10.1. The number of hydrogen-bond donors (Lipinski definition) is 2. The Hall–Kier alpha value is -3.41. The van der Waals surface area contributed by atoms with Crippen LogP contribution >= 0.6 is 0 Å². The third-order valence-electron chi connectivity index (χ3n) is 4.14. The van der Waals surface area contributed by atoms with Gasteiger partial charge in [-0.05, 0) is 55.3 Å². The van der Waals surface area contributed by atoms with Crippen molar-refractivity contribution in [3.05, 3.63) is 65.9 Å². The number of nitrogens with zero attached hydrogens (tertiary/aromatic N) is 1. The second-order valence-corrected chi connectivity index (χ2v) is 6.83. The number of pyridine rings is 1. The monoisotopic (exact) mass is 377 g/mol. The molecule has 1 aromatic heterocycles. The maximum atomic E-state index is 12.9. The molecule has 0 bridgehead atoms. The van der Waals surface area contributed by atoms with Crippen molar-refractivity contribution in [1.82, 2.24) is 10.3 Å². The third kappa shape index (κ3) is 4.65. The van der Waals surface area contributed by atoms with E-state index in [1.807, 2.05) is 57.2 Å². The number of anilines is 1. The van der Waals surface area contributed by atoms with Crippen LogP contribution < -0.4 is 15.4 Å². The van der Waals surface area contributed by atoms with Crippen LogP contribution in [0.25, 0.3) is 10.8 Å². The fraction of sp³-hybridized carbons (Fsp3) is 0.227. The highest BCUT2D eigenvalue weighted by Gasteiger charge is 2.17. The number of aromatic nitrogens is 1. The van der Waals surface area contributed by atoms with Gasteiger partial charge in [0.2, 0.25) is 0 Å². The molecule has 0 aliphatic rings. The number of hydrogen-bond acceptors (Lipinski definition) is 4. The fourth-order valence-electron chi connectivity index (χ4n) is 2.81. The Morgan fingerprint density at radius 2 is 1.79 bits per heavy atom. The van der Waals surface area contributed by atoms with Gasteiger partial charge in [0.25, 0.3) is 11.8 Å². The average molecular weight is 377 g/mol. The number of carbonyl (C=O) groups is 2. The van der Waals surface area contributed by atoms with E-state index in [1.165, 1.54) is 0 Å². The number of fused-ring (bicyclic) bond motifs is 1. The summed E-state index contributed by atoms with van der Waals surface area (Å²) < 4.78 is 5.70. The summed E-state index contributed by atoms with van der Waals surface area (Å²) in [5, 5.41) is 7.42. The maximum Gasteiger partial charge on any atom is 0.260 e. The lowest BCUT2D eigenvalue weighted by Gasteiger charge is -2.14.